The number of amides is 1. The smallest absolute Gasteiger partial charge is 0.309 e. The molecule has 8 nitrogen and oxygen atoms in total. The van der Waals surface area contributed by atoms with Crippen molar-refractivity contribution in [1.82, 2.24) is 9.78 Å². The molecule has 1 aromatic heterocycles. The second-order valence-corrected chi connectivity index (χ2v) is 8.82. The molecule has 188 valence electrons. The highest BCUT2D eigenvalue weighted by atomic mass is 16.7. The molecule has 37 heavy (non-hydrogen) atoms. The van der Waals surface area contributed by atoms with Gasteiger partial charge >= 0.3 is 5.97 Å². The Kier molecular flexibility index (Phi) is 6.64. The van der Waals surface area contributed by atoms with Crippen LogP contribution in [-0.4, -0.2) is 28.4 Å². The summed E-state index contributed by atoms with van der Waals surface area (Å²) in [7, 11) is 0. The molecule has 0 radical (unpaired) electrons. The Bertz CT molecular complexity index is 1460. The molecule has 1 N–H and O–H groups in total. The van der Waals surface area contributed by atoms with Crippen LogP contribution in [0.4, 0.5) is 5.69 Å². The number of carbonyl (C=O) groups is 2. The normalized spacial score (nSPS) is 11.9. The average molecular weight is 498 g/mol. The maximum atomic E-state index is 12.8. The molecular weight excluding hydrogens is 470 g/mol. The Morgan fingerprint density at radius 1 is 1.00 bits per heavy atom. The fourth-order valence-corrected chi connectivity index (χ4v) is 4.20. The van der Waals surface area contributed by atoms with Gasteiger partial charge in [-0.05, 0) is 61.4 Å². The van der Waals surface area contributed by atoms with Crippen LogP contribution in [0.2, 0.25) is 0 Å². The molecule has 0 unspecified atom stereocenters. The molecule has 0 atom stereocenters. The number of hydrogen-bond donors (Lipinski definition) is 1. The van der Waals surface area contributed by atoms with E-state index in [0.29, 0.717) is 35.1 Å². The van der Waals surface area contributed by atoms with Gasteiger partial charge in [-0.1, -0.05) is 43.2 Å². The van der Waals surface area contributed by atoms with Crippen LogP contribution in [0.5, 0.6) is 17.4 Å². The van der Waals surface area contributed by atoms with Crippen LogP contribution >= 0.6 is 0 Å². The van der Waals surface area contributed by atoms with Crippen molar-refractivity contribution < 1.29 is 23.8 Å². The number of benzene rings is 3. The van der Waals surface area contributed by atoms with Gasteiger partial charge in [-0.2, -0.15) is 9.78 Å². The lowest BCUT2D eigenvalue weighted by atomic mass is 10.0. The number of carbonyl (C=O) groups excluding carboxylic acids is 2. The van der Waals surface area contributed by atoms with E-state index in [1.165, 1.54) is 6.92 Å². The van der Waals surface area contributed by atoms with Crippen LogP contribution in [0.25, 0.3) is 16.8 Å². The SMILES string of the molecule is CCCc1nn(-c2ccc(C)cc2)c(OC(C)=O)c1-c1ccc(NC(=O)c2ccc3c(c2)OCO3)cc1. The molecule has 1 aliphatic rings. The predicted molar refractivity (Wildman–Crippen MR) is 140 cm³/mol. The summed E-state index contributed by atoms with van der Waals surface area (Å²) in [6.45, 7) is 5.62. The summed E-state index contributed by atoms with van der Waals surface area (Å²) in [6.07, 6.45) is 1.59. The first-order valence-electron chi connectivity index (χ1n) is 12.1. The van der Waals surface area contributed by atoms with E-state index in [2.05, 4.69) is 12.2 Å². The molecule has 4 aromatic rings. The Balaban J connectivity index is 1.47. The monoisotopic (exact) mass is 497 g/mol. The van der Waals surface area contributed by atoms with Crippen LogP contribution in [0.15, 0.2) is 66.7 Å². The van der Waals surface area contributed by atoms with E-state index in [-0.39, 0.29) is 12.7 Å². The molecular formula is C29H27N3O5. The van der Waals surface area contributed by atoms with Crippen molar-refractivity contribution in [1.29, 1.82) is 0 Å². The summed E-state index contributed by atoms with van der Waals surface area (Å²) in [6, 6.07) is 20.4. The first kappa shape index (κ1) is 24.1. The lowest BCUT2D eigenvalue weighted by Gasteiger charge is -2.11. The van der Waals surface area contributed by atoms with Crippen LogP contribution in [-0.2, 0) is 11.2 Å². The predicted octanol–water partition coefficient (Wildman–Crippen LogP) is 5.71. The number of nitrogens with zero attached hydrogens (tertiary/aromatic N) is 2. The van der Waals surface area contributed by atoms with Crippen molar-refractivity contribution in [2.75, 3.05) is 12.1 Å². The van der Waals surface area contributed by atoms with Gasteiger partial charge in [0, 0.05) is 18.2 Å². The summed E-state index contributed by atoms with van der Waals surface area (Å²) in [5, 5.41) is 7.73. The number of anilines is 1. The molecule has 3 aromatic carbocycles. The van der Waals surface area contributed by atoms with Gasteiger partial charge in [0.1, 0.15) is 0 Å². The molecule has 0 saturated heterocycles. The number of aryl methyl sites for hydroxylation is 2. The Morgan fingerprint density at radius 2 is 1.73 bits per heavy atom. The molecule has 0 aliphatic carbocycles. The highest BCUT2D eigenvalue weighted by molar-refractivity contribution is 6.04. The summed E-state index contributed by atoms with van der Waals surface area (Å²) < 4.78 is 18.1. The van der Waals surface area contributed by atoms with Gasteiger partial charge in [0.15, 0.2) is 11.5 Å². The lowest BCUT2D eigenvalue weighted by Crippen LogP contribution is -2.11. The topological polar surface area (TPSA) is 91.7 Å². The van der Waals surface area contributed by atoms with E-state index >= 15 is 0 Å². The van der Waals surface area contributed by atoms with Crippen molar-refractivity contribution in [3.63, 3.8) is 0 Å². The molecule has 5 rings (SSSR count). The first-order chi connectivity index (χ1) is 17.9. The second-order valence-electron chi connectivity index (χ2n) is 8.82. The van der Waals surface area contributed by atoms with Crippen molar-refractivity contribution >= 4 is 17.6 Å². The fourth-order valence-electron chi connectivity index (χ4n) is 4.20. The third-order valence-electron chi connectivity index (χ3n) is 5.99. The van der Waals surface area contributed by atoms with Crippen LogP contribution in [0, 0.1) is 6.92 Å². The highest BCUT2D eigenvalue weighted by Gasteiger charge is 2.23. The largest absolute Gasteiger partial charge is 0.454 e. The lowest BCUT2D eigenvalue weighted by molar-refractivity contribution is -0.132. The van der Waals surface area contributed by atoms with Gasteiger partial charge in [-0.25, -0.2) is 0 Å². The molecule has 0 spiro atoms. The van der Waals surface area contributed by atoms with Crippen LogP contribution in [0.1, 0.15) is 41.9 Å². The van der Waals surface area contributed by atoms with Crippen molar-refractivity contribution in [3.05, 3.63) is 83.6 Å². The number of esters is 1. The standard InChI is InChI=1S/C29H27N3O5/c1-4-5-24-27(29(37-19(3)33)32(31-24)23-13-6-18(2)7-14-23)20-8-11-22(12-9-20)30-28(34)21-10-15-25-26(16-21)36-17-35-25/h6-16H,4-5,17H2,1-3H3,(H,30,34). The van der Waals surface area contributed by atoms with Crippen molar-refractivity contribution in [2.24, 2.45) is 0 Å². The molecule has 8 heteroatoms. The second kappa shape index (κ2) is 10.2. The number of rotatable bonds is 7. The third kappa shape index (κ3) is 5.04. The molecule has 0 bridgehead atoms. The van der Waals surface area contributed by atoms with Gasteiger partial charge in [0.25, 0.3) is 5.91 Å². The fraction of sp³-hybridized carbons (Fsp3) is 0.207. The van der Waals surface area contributed by atoms with E-state index in [4.69, 9.17) is 19.3 Å². The molecule has 1 amide bonds. The average Bonchev–Trinajstić information content (AvgIpc) is 3.49. The van der Waals surface area contributed by atoms with Gasteiger partial charge in [-0.3, -0.25) is 9.59 Å². The van der Waals surface area contributed by atoms with E-state index in [0.717, 1.165) is 34.5 Å². The highest BCUT2D eigenvalue weighted by Crippen LogP contribution is 2.37. The minimum absolute atomic E-state index is 0.151. The first-order valence-corrected chi connectivity index (χ1v) is 12.1. The van der Waals surface area contributed by atoms with Crippen LogP contribution < -0.4 is 19.5 Å². The molecule has 2 heterocycles. The van der Waals surface area contributed by atoms with Gasteiger partial charge < -0.3 is 19.5 Å². The zero-order valence-electron chi connectivity index (χ0n) is 20.9. The Labute approximate surface area is 214 Å². The Morgan fingerprint density at radius 3 is 2.43 bits per heavy atom. The Hall–Kier alpha value is -4.59. The maximum Gasteiger partial charge on any atom is 0.309 e. The number of nitrogens with one attached hydrogen (secondary N) is 1. The zero-order chi connectivity index (χ0) is 25.9. The molecule has 0 saturated carbocycles. The minimum Gasteiger partial charge on any atom is -0.454 e. The summed E-state index contributed by atoms with van der Waals surface area (Å²) in [4.78, 5) is 24.8. The molecule has 0 fully saturated rings. The van der Waals surface area contributed by atoms with E-state index in [1.807, 2.05) is 55.5 Å². The number of fused-ring (bicyclic) bond motifs is 1. The molecule has 1 aliphatic heterocycles. The summed E-state index contributed by atoms with van der Waals surface area (Å²) in [5.41, 5.74) is 5.44. The van der Waals surface area contributed by atoms with E-state index in [9.17, 15) is 9.59 Å². The maximum absolute atomic E-state index is 12.8. The van der Waals surface area contributed by atoms with E-state index in [1.54, 1.807) is 22.9 Å². The number of hydrogen-bond acceptors (Lipinski definition) is 6. The quantitative estimate of drug-likeness (QED) is 0.329. The van der Waals surface area contributed by atoms with Gasteiger partial charge in [-0.15, -0.1) is 0 Å². The number of aromatic nitrogens is 2. The summed E-state index contributed by atoms with van der Waals surface area (Å²) in [5.74, 6) is 0.862. The third-order valence-corrected chi connectivity index (χ3v) is 5.99. The minimum atomic E-state index is -0.426. The van der Waals surface area contributed by atoms with Gasteiger partial charge in [0.05, 0.1) is 16.9 Å². The van der Waals surface area contributed by atoms with Gasteiger partial charge in [0.2, 0.25) is 12.7 Å². The van der Waals surface area contributed by atoms with Crippen molar-refractivity contribution in [3.8, 4) is 34.2 Å². The van der Waals surface area contributed by atoms with E-state index < -0.39 is 5.97 Å². The van der Waals surface area contributed by atoms with Crippen molar-refractivity contribution in [2.45, 2.75) is 33.6 Å². The summed E-state index contributed by atoms with van der Waals surface area (Å²) >= 11 is 0. The zero-order valence-corrected chi connectivity index (χ0v) is 20.9. The van der Waals surface area contributed by atoms with Crippen LogP contribution in [0.3, 0.4) is 0 Å². The number of ether oxygens (including phenoxy) is 3.